The molecule has 0 amide bonds. The molecule has 2 heterocycles. The molecule has 4 nitrogen and oxygen atoms in total. The monoisotopic (exact) mass is 337 g/mol. The number of hydrogen-bond acceptors (Lipinski definition) is 4. The van der Waals surface area contributed by atoms with Gasteiger partial charge in [-0.3, -0.25) is 4.98 Å². The van der Waals surface area contributed by atoms with Crippen molar-refractivity contribution in [2.75, 3.05) is 0 Å². The lowest BCUT2D eigenvalue weighted by Crippen LogP contribution is -1.95. The van der Waals surface area contributed by atoms with Crippen LogP contribution in [0.1, 0.15) is 0 Å². The highest BCUT2D eigenvalue weighted by molar-refractivity contribution is 9.10. The Hall–Kier alpha value is -2.15. The van der Waals surface area contributed by atoms with Crippen LogP contribution in [0.3, 0.4) is 0 Å². The summed E-state index contributed by atoms with van der Waals surface area (Å²) in [6.07, 6.45) is 3.02. The second kappa shape index (κ2) is 5.09. The van der Waals surface area contributed by atoms with Gasteiger partial charge in [0.15, 0.2) is 17.2 Å². The van der Waals surface area contributed by atoms with Crippen molar-refractivity contribution in [1.82, 2.24) is 15.0 Å². The van der Waals surface area contributed by atoms with E-state index in [2.05, 4.69) is 30.9 Å². The van der Waals surface area contributed by atoms with Gasteiger partial charge in [-0.1, -0.05) is 15.9 Å². The largest absolute Gasteiger partial charge is 0.436 e. The molecule has 3 aromatic rings. The molecule has 20 heavy (non-hydrogen) atoms. The van der Waals surface area contributed by atoms with Crippen LogP contribution in [0.5, 0.6) is 11.6 Å². The fraction of sp³-hybridized carbons (Fsp3) is 0. The molecule has 0 saturated heterocycles. The maximum Gasteiger partial charge on any atom is 0.221 e. The van der Waals surface area contributed by atoms with Gasteiger partial charge in [0.2, 0.25) is 11.7 Å². The first-order chi connectivity index (χ1) is 9.63. The van der Waals surface area contributed by atoms with Crippen LogP contribution in [0.25, 0.3) is 11.2 Å². The zero-order valence-electron chi connectivity index (χ0n) is 9.85. The van der Waals surface area contributed by atoms with Gasteiger partial charge in [-0.05, 0) is 18.2 Å². The van der Waals surface area contributed by atoms with Crippen LogP contribution < -0.4 is 4.74 Å². The Labute approximate surface area is 120 Å². The van der Waals surface area contributed by atoms with E-state index in [-0.39, 0.29) is 11.6 Å². The summed E-state index contributed by atoms with van der Waals surface area (Å²) in [7, 11) is 0. The highest BCUT2D eigenvalue weighted by atomic mass is 79.9. The molecule has 1 aromatic carbocycles. The van der Waals surface area contributed by atoms with E-state index in [9.17, 15) is 8.78 Å². The van der Waals surface area contributed by atoms with Crippen LogP contribution in [0, 0.1) is 11.6 Å². The minimum atomic E-state index is -1.07. The van der Waals surface area contributed by atoms with Crippen molar-refractivity contribution in [2.24, 2.45) is 0 Å². The van der Waals surface area contributed by atoms with E-state index in [1.807, 2.05) is 0 Å². The van der Waals surface area contributed by atoms with E-state index in [0.29, 0.717) is 15.6 Å². The van der Waals surface area contributed by atoms with Gasteiger partial charge in [-0.2, -0.15) is 9.37 Å². The Kier molecular flexibility index (Phi) is 3.27. The molecule has 0 unspecified atom stereocenters. The second-order valence-electron chi connectivity index (χ2n) is 3.85. The molecule has 2 aromatic heterocycles. The summed E-state index contributed by atoms with van der Waals surface area (Å²) in [6.45, 7) is 0. The molecule has 0 saturated carbocycles. The summed E-state index contributed by atoms with van der Waals surface area (Å²) in [4.78, 5) is 12.1. The third-order valence-corrected chi connectivity index (χ3v) is 2.94. The smallest absolute Gasteiger partial charge is 0.221 e. The van der Waals surface area contributed by atoms with Crippen LogP contribution in [-0.2, 0) is 0 Å². The number of rotatable bonds is 2. The van der Waals surface area contributed by atoms with E-state index in [0.717, 1.165) is 6.07 Å². The molecule has 0 N–H and O–H groups in total. The molecule has 0 atom stereocenters. The lowest BCUT2D eigenvalue weighted by molar-refractivity contribution is 0.406. The number of ether oxygens (including phenoxy) is 1. The molecule has 0 aliphatic rings. The molecular weight excluding hydrogens is 332 g/mol. The number of pyridine rings is 1. The molecule has 0 spiro atoms. The van der Waals surface area contributed by atoms with Crippen molar-refractivity contribution in [3.05, 3.63) is 52.8 Å². The number of halogens is 3. The molecule has 7 heteroatoms. The summed E-state index contributed by atoms with van der Waals surface area (Å²) in [6, 6.07) is 5.48. The van der Waals surface area contributed by atoms with Gasteiger partial charge < -0.3 is 4.74 Å². The molecule has 0 fully saturated rings. The summed E-state index contributed by atoms with van der Waals surface area (Å²) in [5.74, 6) is -2.23. The average molecular weight is 338 g/mol. The molecule has 0 radical (unpaired) electrons. The highest BCUT2D eigenvalue weighted by Crippen LogP contribution is 2.29. The predicted octanol–water partition coefficient (Wildman–Crippen LogP) is 3.86. The maximum atomic E-state index is 13.6. The van der Waals surface area contributed by atoms with Crippen molar-refractivity contribution in [1.29, 1.82) is 0 Å². The van der Waals surface area contributed by atoms with Gasteiger partial charge in [0, 0.05) is 22.9 Å². The van der Waals surface area contributed by atoms with Crippen LogP contribution in [0.2, 0.25) is 0 Å². The lowest BCUT2D eigenvalue weighted by atomic mass is 10.3. The van der Waals surface area contributed by atoms with Crippen LogP contribution in [0.15, 0.2) is 41.1 Å². The van der Waals surface area contributed by atoms with Crippen molar-refractivity contribution in [3.8, 4) is 11.6 Å². The highest BCUT2D eigenvalue weighted by Gasteiger charge is 2.13. The SMILES string of the molecule is Fc1cc(Br)cc(Oc2ccc3nccnc3n2)c1F. The zero-order valence-corrected chi connectivity index (χ0v) is 11.4. The standard InChI is InChI=1S/C13H6BrF2N3O/c14-7-5-8(15)12(16)10(6-7)20-11-2-1-9-13(19-11)18-4-3-17-9/h1-6H. The second-order valence-corrected chi connectivity index (χ2v) is 4.77. The number of hydrogen-bond donors (Lipinski definition) is 0. The first-order valence-electron chi connectivity index (χ1n) is 5.53. The summed E-state index contributed by atoms with van der Waals surface area (Å²) < 4.78 is 32.5. The summed E-state index contributed by atoms with van der Waals surface area (Å²) in [5, 5.41) is 0. The minimum Gasteiger partial charge on any atom is -0.436 e. The third-order valence-electron chi connectivity index (χ3n) is 2.48. The third kappa shape index (κ3) is 2.44. The van der Waals surface area contributed by atoms with Crippen molar-refractivity contribution in [3.63, 3.8) is 0 Å². The van der Waals surface area contributed by atoms with Gasteiger partial charge >= 0.3 is 0 Å². The lowest BCUT2D eigenvalue weighted by Gasteiger charge is -2.07. The Morgan fingerprint density at radius 1 is 1.05 bits per heavy atom. The normalized spacial score (nSPS) is 10.8. The van der Waals surface area contributed by atoms with Crippen molar-refractivity contribution >= 4 is 27.1 Å². The summed E-state index contributed by atoms with van der Waals surface area (Å²) >= 11 is 3.07. The van der Waals surface area contributed by atoms with Crippen LogP contribution in [0.4, 0.5) is 8.78 Å². The predicted molar refractivity (Wildman–Crippen MR) is 71.5 cm³/mol. The Bertz CT molecular complexity index is 798. The van der Waals surface area contributed by atoms with E-state index in [4.69, 9.17) is 4.74 Å². The number of nitrogens with zero attached hydrogens (tertiary/aromatic N) is 3. The van der Waals surface area contributed by atoms with E-state index >= 15 is 0 Å². The maximum absolute atomic E-state index is 13.6. The minimum absolute atomic E-state index is 0.106. The fourth-order valence-corrected chi connectivity index (χ4v) is 2.02. The van der Waals surface area contributed by atoms with Gasteiger partial charge in [-0.25, -0.2) is 9.37 Å². The first kappa shape index (κ1) is 12.9. The quantitative estimate of drug-likeness (QED) is 0.666. The Morgan fingerprint density at radius 3 is 2.70 bits per heavy atom. The molecule has 100 valence electrons. The summed E-state index contributed by atoms with van der Waals surface area (Å²) in [5.41, 5.74) is 0.946. The zero-order chi connectivity index (χ0) is 14.1. The van der Waals surface area contributed by atoms with Crippen LogP contribution >= 0.6 is 15.9 Å². The van der Waals surface area contributed by atoms with Crippen molar-refractivity contribution < 1.29 is 13.5 Å². The van der Waals surface area contributed by atoms with Gasteiger partial charge in [0.1, 0.15) is 5.52 Å². The van der Waals surface area contributed by atoms with Crippen LogP contribution in [-0.4, -0.2) is 15.0 Å². The van der Waals surface area contributed by atoms with Crippen molar-refractivity contribution in [2.45, 2.75) is 0 Å². The average Bonchev–Trinajstić information content (AvgIpc) is 2.44. The van der Waals surface area contributed by atoms with Gasteiger partial charge in [0.25, 0.3) is 0 Å². The molecule has 3 rings (SSSR count). The van der Waals surface area contributed by atoms with E-state index in [1.54, 1.807) is 6.07 Å². The fourth-order valence-electron chi connectivity index (χ4n) is 1.61. The Morgan fingerprint density at radius 2 is 1.85 bits per heavy atom. The Balaban J connectivity index is 2.01. The molecule has 0 aliphatic carbocycles. The number of aromatic nitrogens is 3. The first-order valence-corrected chi connectivity index (χ1v) is 6.33. The van der Waals surface area contributed by atoms with Gasteiger partial charge in [-0.15, -0.1) is 0 Å². The topological polar surface area (TPSA) is 47.9 Å². The molecule has 0 bridgehead atoms. The number of fused-ring (bicyclic) bond motifs is 1. The van der Waals surface area contributed by atoms with E-state index in [1.165, 1.54) is 24.5 Å². The number of benzene rings is 1. The van der Waals surface area contributed by atoms with E-state index < -0.39 is 11.6 Å². The molecular formula is C13H6BrF2N3O. The molecule has 0 aliphatic heterocycles. The van der Waals surface area contributed by atoms with Gasteiger partial charge in [0.05, 0.1) is 0 Å².